The van der Waals surface area contributed by atoms with Crippen LogP contribution in [0.25, 0.3) is 11.1 Å². The van der Waals surface area contributed by atoms with E-state index >= 15 is 0 Å². The van der Waals surface area contributed by atoms with Crippen LogP contribution in [0.3, 0.4) is 0 Å². The lowest BCUT2D eigenvalue weighted by Crippen LogP contribution is -2.16. The normalized spacial score (nSPS) is 12.1. The SMILES string of the molecule is CCCC(=O)C(Cl)Cc1ccc(-c2ccccc2)cc1. The molecule has 2 heteroatoms. The summed E-state index contributed by atoms with van der Waals surface area (Å²) in [5.74, 6) is 0.140. The quantitative estimate of drug-likeness (QED) is 0.692. The number of alkyl halides is 1. The average Bonchev–Trinajstić information content (AvgIpc) is 2.49. The molecule has 0 amide bonds. The minimum absolute atomic E-state index is 0.140. The third-order valence-electron chi connectivity index (χ3n) is 3.32. The highest BCUT2D eigenvalue weighted by atomic mass is 35.5. The van der Waals surface area contributed by atoms with Crippen LogP contribution in [-0.4, -0.2) is 11.2 Å². The summed E-state index contributed by atoms with van der Waals surface area (Å²) in [6.45, 7) is 2.00. The fourth-order valence-corrected chi connectivity index (χ4v) is 2.47. The van der Waals surface area contributed by atoms with Crippen LogP contribution in [0.1, 0.15) is 25.3 Å². The zero-order valence-corrected chi connectivity index (χ0v) is 12.4. The highest BCUT2D eigenvalue weighted by Crippen LogP contribution is 2.20. The van der Waals surface area contributed by atoms with Crippen molar-refractivity contribution in [3.8, 4) is 11.1 Å². The van der Waals surface area contributed by atoms with Gasteiger partial charge >= 0.3 is 0 Å². The molecule has 1 unspecified atom stereocenters. The van der Waals surface area contributed by atoms with Gasteiger partial charge in [-0.25, -0.2) is 0 Å². The highest BCUT2D eigenvalue weighted by molar-refractivity contribution is 6.31. The van der Waals surface area contributed by atoms with E-state index in [1.54, 1.807) is 0 Å². The van der Waals surface area contributed by atoms with Gasteiger partial charge in [0.15, 0.2) is 5.78 Å². The Labute approximate surface area is 125 Å². The average molecular weight is 287 g/mol. The minimum atomic E-state index is -0.405. The molecule has 0 heterocycles. The van der Waals surface area contributed by atoms with Crippen molar-refractivity contribution in [2.75, 3.05) is 0 Å². The van der Waals surface area contributed by atoms with Crippen molar-refractivity contribution < 1.29 is 4.79 Å². The van der Waals surface area contributed by atoms with Gasteiger partial charge in [-0.3, -0.25) is 4.79 Å². The minimum Gasteiger partial charge on any atom is -0.298 e. The number of carbonyl (C=O) groups excluding carboxylic acids is 1. The Balaban J connectivity index is 2.04. The summed E-state index contributed by atoms with van der Waals surface area (Å²) in [5.41, 5.74) is 3.48. The maximum atomic E-state index is 11.7. The van der Waals surface area contributed by atoms with E-state index in [4.69, 9.17) is 11.6 Å². The van der Waals surface area contributed by atoms with E-state index in [2.05, 4.69) is 36.4 Å². The smallest absolute Gasteiger partial charge is 0.151 e. The molecule has 0 bridgehead atoms. The van der Waals surface area contributed by atoms with Gasteiger partial charge in [-0.05, 0) is 29.5 Å². The van der Waals surface area contributed by atoms with Crippen LogP contribution >= 0.6 is 11.6 Å². The molecule has 20 heavy (non-hydrogen) atoms. The van der Waals surface area contributed by atoms with E-state index in [0.717, 1.165) is 12.0 Å². The molecule has 0 aliphatic carbocycles. The summed E-state index contributed by atoms with van der Waals surface area (Å²) in [6.07, 6.45) is 2.03. The molecule has 0 saturated carbocycles. The molecule has 0 saturated heterocycles. The number of rotatable bonds is 6. The zero-order valence-electron chi connectivity index (χ0n) is 11.7. The van der Waals surface area contributed by atoms with Crippen LogP contribution in [0.15, 0.2) is 54.6 Å². The predicted octanol–water partition coefficient (Wildman–Crippen LogP) is 4.87. The summed E-state index contributed by atoms with van der Waals surface area (Å²) < 4.78 is 0. The highest BCUT2D eigenvalue weighted by Gasteiger charge is 2.14. The van der Waals surface area contributed by atoms with Gasteiger partial charge in [0.1, 0.15) is 0 Å². The number of halogens is 1. The maximum Gasteiger partial charge on any atom is 0.151 e. The molecule has 104 valence electrons. The third kappa shape index (κ3) is 3.94. The van der Waals surface area contributed by atoms with Crippen molar-refractivity contribution in [1.29, 1.82) is 0 Å². The number of Topliss-reactive ketones (excluding diaryl/α,β-unsaturated/α-hetero) is 1. The lowest BCUT2D eigenvalue weighted by molar-refractivity contribution is -0.118. The largest absolute Gasteiger partial charge is 0.298 e. The molecular weight excluding hydrogens is 268 g/mol. The molecule has 1 atom stereocenters. The summed E-state index contributed by atoms with van der Waals surface area (Å²) in [7, 11) is 0. The Morgan fingerprint density at radius 2 is 1.60 bits per heavy atom. The Bertz CT molecular complexity index is 545. The standard InChI is InChI=1S/C18H19ClO/c1-2-6-18(20)17(19)13-14-9-11-16(12-10-14)15-7-4-3-5-8-15/h3-5,7-12,17H,2,6,13H2,1H3. The topological polar surface area (TPSA) is 17.1 Å². The Morgan fingerprint density at radius 3 is 2.20 bits per heavy atom. The van der Waals surface area contributed by atoms with Crippen molar-refractivity contribution in [2.45, 2.75) is 31.6 Å². The van der Waals surface area contributed by atoms with Gasteiger partial charge in [0, 0.05) is 6.42 Å². The van der Waals surface area contributed by atoms with Crippen LogP contribution in [-0.2, 0) is 11.2 Å². The van der Waals surface area contributed by atoms with E-state index in [9.17, 15) is 4.79 Å². The van der Waals surface area contributed by atoms with Crippen molar-refractivity contribution >= 4 is 17.4 Å². The van der Waals surface area contributed by atoms with E-state index in [1.807, 2.05) is 25.1 Å². The molecule has 2 aromatic carbocycles. The third-order valence-corrected chi connectivity index (χ3v) is 3.72. The van der Waals surface area contributed by atoms with E-state index in [0.29, 0.717) is 12.8 Å². The lowest BCUT2D eigenvalue weighted by atomic mass is 10.0. The van der Waals surface area contributed by atoms with Crippen molar-refractivity contribution in [3.05, 3.63) is 60.2 Å². The molecule has 0 fully saturated rings. The first-order chi connectivity index (χ1) is 9.70. The number of benzene rings is 2. The van der Waals surface area contributed by atoms with Crippen LogP contribution < -0.4 is 0 Å². The van der Waals surface area contributed by atoms with E-state index < -0.39 is 5.38 Å². The zero-order chi connectivity index (χ0) is 14.4. The maximum absolute atomic E-state index is 11.7. The van der Waals surface area contributed by atoms with Crippen LogP contribution in [0, 0.1) is 0 Å². The first-order valence-electron chi connectivity index (χ1n) is 7.02. The fraction of sp³-hybridized carbons (Fsp3) is 0.278. The molecule has 0 aromatic heterocycles. The monoisotopic (exact) mass is 286 g/mol. The second kappa shape index (κ2) is 7.25. The molecule has 0 aliphatic heterocycles. The molecule has 0 spiro atoms. The summed E-state index contributed by atoms with van der Waals surface area (Å²) in [6, 6.07) is 18.5. The van der Waals surface area contributed by atoms with Crippen LogP contribution in [0.4, 0.5) is 0 Å². The predicted molar refractivity (Wildman–Crippen MR) is 85.1 cm³/mol. The van der Waals surface area contributed by atoms with Crippen molar-refractivity contribution in [3.63, 3.8) is 0 Å². The fourth-order valence-electron chi connectivity index (χ4n) is 2.19. The van der Waals surface area contributed by atoms with Crippen molar-refractivity contribution in [1.82, 2.24) is 0 Å². The second-order valence-electron chi connectivity index (χ2n) is 4.95. The summed E-state index contributed by atoms with van der Waals surface area (Å²) in [5, 5.41) is -0.405. The van der Waals surface area contributed by atoms with Crippen molar-refractivity contribution in [2.24, 2.45) is 0 Å². The van der Waals surface area contributed by atoms with Gasteiger partial charge in [0.25, 0.3) is 0 Å². The summed E-state index contributed by atoms with van der Waals surface area (Å²) in [4.78, 5) is 11.7. The van der Waals surface area contributed by atoms with E-state index in [1.165, 1.54) is 11.1 Å². The molecular formula is C18H19ClO. The first kappa shape index (κ1) is 14.8. The molecule has 2 rings (SSSR count). The van der Waals surface area contributed by atoms with Crippen LogP contribution in [0.2, 0.25) is 0 Å². The van der Waals surface area contributed by atoms with Crippen LogP contribution in [0.5, 0.6) is 0 Å². The number of ketones is 1. The van der Waals surface area contributed by atoms with Gasteiger partial charge in [-0.1, -0.05) is 61.5 Å². The second-order valence-corrected chi connectivity index (χ2v) is 5.48. The first-order valence-corrected chi connectivity index (χ1v) is 7.45. The number of hydrogen-bond donors (Lipinski definition) is 0. The van der Waals surface area contributed by atoms with Gasteiger partial charge < -0.3 is 0 Å². The Kier molecular flexibility index (Phi) is 5.37. The van der Waals surface area contributed by atoms with Gasteiger partial charge in [-0.2, -0.15) is 0 Å². The number of hydrogen-bond acceptors (Lipinski definition) is 1. The van der Waals surface area contributed by atoms with E-state index in [-0.39, 0.29) is 5.78 Å². The number of carbonyl (C=O) groups is 1. The molecule has 0 aliphatic rings. The molecule has 1 nitrogen and oxygen atoms in total. The Hall–Kier alpha value is -1.60. The van der Waals surface area contributed by atoms with Gasteiger partial charge in [-0.15, -0.1) is 11.6 Å². The molecule has 0 N–H and O–H groups in total. The van der Waals surface area contributed by atoms with Gasteiger partial charge in [0.05, 0.1) is 5.38 Å². The van der Waals surface area contributed by atoms with Gasteiger partial charge in [0.2, 0.25) is 0 Å². The molecule has 2 aromatic rings. The molecule has 0 radical (unpaired) electrons. The lowest BCUT2D eigenvalue weighted by Gasteiger charge is -2.09. The summed E-state index contributed by atoms with van der Waals surface area (Å²) >= 11 is 6.15. The Morgan fingerprint density at radius 1 is 1.00 bits per heavy atom.